The average molecular weight is 747 g/mol. The number of rotatable bonds is 8. The zero-order chi connectivity index (χ0) is 39.0. The predicted octanol–water partition coefficient (Wildman–Crippen LogP) is 7.50. The first kappa shape index (κ1) is 37.8. The Morgan fingerprint density at radius 2 is 1.60 bits per heavy atom. The fourth-order valence-corrected chi connectivity index (χ4v) is 7.80. The lowest BCUT2D eigenvalue weighted by Crippen LogP contribution is -2.51. The van der Waals surface area contributed by atoms with Gasteiger partial charge in [0.15, 0.2) is 0 Å². The molecule has 12 nitrogen and oxygen atoms in total. The average Bonchev–Trinajstić information content (AvgIpc) is 3.99. The number of amides is 3. The maximum Gasteiger partial charge on any atom is 0.410 e. The Labute approximate surface area is 321 Å². The number of allylic oxidation sites excluding steroid dienone is 1. The van der Waals surface area contributed by atoms with E-state index in [0.717, 1.165) is 62.8 Å². The number of aliphatic hydroxyl groups excluding tert-OH is 1. The number of carbonyl (C=O) groups is 3. The number of aromatic nitrogens is 2. The third-order valence-electron chi connectivity index (χ3n) is 10.6. The first-order valence-corrected chi connectivity index (χ1v) is 19.1. The monoisotopic (exact) mass is 746 g/mol. The molecule has 3 aliphatic rings. The number of hydrogen-bond acceptors (Lipinski definition) is 8. The number of aliphatic imine (C=N–C) groups is 1. The van der Waals surface area contributed by atoms with Gasteiger partial charge in [0.05, 0.1) is 37.2 Å². The van der Waals surface area contributed by atoms with Crippen LogP contribution in [0.3, 0.4) is 0 Å². The van der Waals surface area contributed by atoms with Crippen molar-refractivity contribution in [2.75, 3.05) is 20.2 Å². The molecule has 0 spiro atoms. The number of nitrogens with one attached hydrogen (secondary N) is 2. The Morgan fingerprint density at radius 3 is 2.29 bits per heavy atom. The molecule has 7 rings (SSSR count). The molecule has 0 unspecified atom stereocenters. The van der Waals surface area contributed by atoms with Gasteiger partial charge < -0.3 is 29.8 Å². The highest BCUT2D eigenvalue weighted by atomic mass is 16.6. The summed E-state index contributed by atoms with van der Waals surface area (Å²) in [5.41, 5.74) is 6.71. The smallest absolute Gasteiger partial charge is 0.410 e. The van der Waals surface area contributed by atoms with Gasteiger partial charge >= 0.3 is 12.2 Å². The molecule has 4 aromatic rings. The number of H-pyrrole nitrogens is 1. The molecule has 288 valence electrons. The molecule has 3 aromatic carbocycles. The lowest BCUT2D eigenvalue weighted by atomic mass is 9.95. The molecule has 55 heavy (non-hydrogen) atoms. The number of imidazole rings is 1. The summed E-state index contributed by atoms with van der Waals surface area (Å²) < 4.78 is 10.4. The van der Waals surface area contributed by atoms with Crippen LogP contribution in [0.2, 0.25) is 0 Å². The van der Waals surface area contributed by atoms with Crippen LogP contribution >= 0.6 is 0 Å². The number of alkyl carbamates (subject to hydrolysis) is 1. The zero-order valence-corrected chi connectivity index (χ0v) is 32.3. The van der Waals surface area contributed by atoms with E-state index in [1.165, 1.54) is 7.11 Å². The number of ether oxygens (including phenoxy) is 2. The van der Waals surface area contributed by atoms with Crippen LogP contribution in [0.1, 0.15) is 77.7 Å². The van der Waals surface area contributed by atoms with Gasteiger partial charge in [-0.05, 0) is 84.7 Å². The van der Waals surface area contributed by atoms with Crippen molar-refractivity contribution < 1.29 is 29.0 Å². The maximum atomic E-state index is 13.6. The number of likely N-dealkylation sites (tertiary alicyclic amines) is 2. The molecule has 3 N–H and O–H groups in total. The third-order valence-corrected chi connectivity index (χ3v) is 10.6. The number of fused-ring (bicyclic) bond motifs is 1. The standard InChI is InChI=1S/C43H50N6O6/c1-25(2)38(47-41(52)54-6)40(51)49-24-33(50)21-37(49)39-45-23-35(46-39)31-16-15-29-18-28(13-14-30(29)19-31)26-9-11-27(12-10-26)32-20-34(44-22-32)36-8-7-17-48(36)42(53)55-43(3,4)5/h9-16,18-19,22-23,25,33,36-38,50H,7-8,17,20-21,24H2,1-6H3,(H,45,46)(H,47,52)/t33-,36-,37-,38-/m0/s1. The Hall–Kier alpha value is -5.49. The van der Waals surface area contributed by atoms with E-state index in [0.29, 0.717) is 25.2 Å². The van der Waals surface area contributed by atoms with Crippen molar-refractivity contribution >= 4 is 40.2 Å². The molecule has 12 heteroatoms. The fourth-order valence-electron chi connectivity index (χ4n) is 7.80. The van der Waals surface area contributed by atoms with Crippen LogP contribution in [0.5, 0.6) is 0 Å². The van der Waals surface area contributed by atoms with Gasteiger partial charge in [-0.3, -0.25) is 14.7 Å². The number of β-amino-alcohol motifs (C(OH)–C–C–N with tert-alkyl or cyclic N) is 1. The zero-order valence-electron chi connectivity index (χ0n) is 32.3. The van der Waals surface area contributed by atoms with Crippen LogP contribution in [-0.4, -0.2) is 92.7 Å². The highest BCUT2D eigenvalue weighted by molar-refractivity contribution is 6.03. The maximum absolute atomic E-state index is 13.6. The Kier molecular flexibility index (Phi) is 10.5. The second-order valence-electron chi connectivity index (χ2n) is 16.1. The highest BCUT2D eigenvalue weighted by Crippen LogP contribution is 2.35. The van der Waals surface area contributed by atoms with Crippen molar-refractivity contribution in [1.29, 1.82) is 0 Å². The second-order valence-corrected chi connectivity index (χ2v) is 16.1. The van der Waals surface area contributed by atoms with Gasteiger partial charge in [-0.2, -0.15) is 0 Å². The van der Waals surface area contributed by atoms with Gasteiger partial charge in [0.25, 0.3) is 0 Å². The number of hydrogen-bond donors (Lipinski definition) is 3. The van der Waals surface area contributed by atoms with Gasteiger partial charge in [0.1, 0.15) is 17.5 Å². The van der Waals surface area contributed by atoms with Crippen molar-refractivity contribution in [1.82, 2.24) is 25.1 Å². The van der Waals surface area contributed by atoms with Crippen LogP contribution < -0.4 is 5.32 Å². The number of carbonyl (C=O) groups excluding carboxylic acids is 3. The number of nitrogens with zero attached hydrogens (tertiary/aromatic N) is 4. The molecule has 0 saturated carbocycles. The lowest BCUT2D eigenvalue weighted by molar-refractivity contribution is -0.135. The molecule has 3 amide bonds. The molecule has 2 saturated heterocycles. The quantitative estimate of drug-likeness (QED) is 0.169. The van der Waals surface area contributed by atoms with Gasteiger partial charge in [-0.15, -0.1) is 0 Å². The molecule has 3 aliphatic heterocycles. The Morgan fingerprint density at radius 1 is 0.927 bits per heavy atom. The van der Waals surface area contributed by atoms with Crippen molar-refractivity contribution in [3.8, 4) is 22.4 Å². The minimum absolute atomic E-state index is 0.0282. The van der Waals surface area contributed by atoms with Gasteiger partial charge in [-0.1, -0.05) is 62.4 Å². The largest absolute Gasteiger partial charge is 0.453 e. The van der Waals surface area contributed by atoms with Gasteiger partial charge in [0, 0.05) is 43.4 Å². The van der Waals surface area contributed by atoms with E-state index in [1.54, 1.807) is 11.1 Å². The van der Waals surface area contributed by atoms with E-state index in [9.17, 15) is 19.5 Å². The third kappa shape index (κ3) is 8.14. The molecule has 0 radical (unpaired) electrons. The van der Waals surface area contributed by atoms with E-state index in [-0.39, 0.29) is 30.5 Å². The van der Waals surface area contributed by atoms with Crippen LogP contribution in [0.4, 0.5) is 9.59 Å². The van der Waals surface area contributed by atoms with E-state index in [4.69, 9.17) is 14.5 Å². The van der Waals surface area contributed by atoms with Crippen LogP contribution in [0.25, 0.3) is 38.7 Å². The predicted molar refractivity (Wildman–Crippen MR) is 212 cm³/mol. The van der Waals surface area contributed by atoms with Crippen LogP contribution in [0.15, 0.2) is 78.1 Å². The summed E-state index contributed by atoms with van der Waals surface area (Å²) in [5, 5.41) is 15.4. The summed E-state index contributed by atoms with van der Waals surface area (Å²) in [5.74, 6) is 0.106. The number of benzene rings is 3. The molecule has 4 heterocycles. The summed E-state index contributed by atoms with van der Waals surface area (Å²) in [6.45, 7) is 10.2. The highest BCUT2D eigenvalue weighted by Gasteiger charge is 2.41. The first-order valence-electron chi connectivity index (χ1n) is 19.1. The lowest BCUT2D eigenvalue weighted by Gasteiger charge is -2.29. The van der Waals surface area contributed by atoms with Crippen molar-refractivity contribution in [2.45, 2.75) is 90.1 Å². The van der Waals surface area contributed by atoms with E-state index in [2.05, 4.69) is 69.9 Å². The first-order chi connectivity index (χ1) is 26.3. The van der Waals surface area contributed by atoms with Crippen molar-refractivity contribution in [3.63, 3.8) is 0 Å². The minimum Gasteiger partial charge on any atom is -0.453 e. The molecule has 2 fully saturated rings. The molecule has 4 atom stereocenters. The summed E-state index contributed by atoms with van der Waals surface area (Å²) in [7, 11) is 1.26. The number of aromatic amines is 1. The summed E-state index contributed by atoms with van der Waals surface area (Å²) in [4.78, 5) is 54.6. The van der Waals surface area contributed by atoms with Gasteiger partial charge in [-0.25, -0.2) is 14.6 Å². The van der Waals surface area contributed by atoms with Crippen molar-refractivity contribution in [3.05, 3.63) is 84.4 Å². The molecular formula is C43H50N6O6. The summed E-state index contributed by atoms with van der Waals surface area (Å²) in [6.07, 6.45) is 4.93. The van der Waals surface area contributed by atoms with E-state index < -0.39 is 29.9 Å². The Bertz CT molecular complexity index is 2150. The second kappa shape index (κ2) is 15.3. The molecular weight excluding hydrogens is 697 g/mol. The molecule has 1 aromatic heterocycles. The number of aliphatic hydroxyl groups is 1. The SMILES string of the molecule is COC(=O)N[C@H](C(=O)N1C[C@@H](O)C[C@H]1c1ncc(-c2ccc3cc(-c4ccc(C5=CN=C([C@@H]6CCCN6C(=O)OC(C)(C)C)C5)cc4)ccc3c2)[nH]1)C(C)C. The van der Waals surface area contributed by atoms with Crippen LogP contribution in [-0.2, 0) is 14.3 Å². The molecule has 0 aliphatic carbocycles. The normalized spacial score (nSPS) is 20.5. The fraction of sp³-hybridized carbons (Fsp3) is 0.419. The van der Waals surface area contributed by atoms with Crippen molar-refractivity contribution in [2.24, 2.45) is 10.9 Å². The summed E-state index contributed by atoms with van der Waals surface area (Å²) >= 11 is 0. The van der Waals surface area contributed by atoms with E-state index >= 15 is 0 Å². The minimum atomic E-state index is -0.799. The molecule has 0 bridgehead atoms. The number of methoxy groups -OCH3 is 1. The topological polar surface area (TPSA) is 149 Å². The van der Waals surface area contributed by atoms with E-state index in [1.807, 2.05) is 51.8 Å². The summed E-state index contributed by atoms with van der Waals surface area (Å²) in [6, 6.07) is 19.9. The van der Waals surface area contributed by atoms with Gasteiger partial charge in [0.2, 0.25) is 5.91 Å². The van der Waals surface area contributed by atoms with Crippen LogP contribution in [0, 0.1) is 5.92 Å². The Balaban J connectivity index is 1.01.